The predicted molar refractivity (Wildman–Crippen MR) is 74.0 cm³/mol. The molecule has 0 amide bonds. The Bertz CT molecular complexity index is 534. The molecule has 2 heterocycles. The second-order valence-corrected chi connectivity index (χ2v) is 4.86. The Morgan fingerprint density at radius 2 is 2.37 bits per heavy atom. The van der Waals surface area contributed by atoms with Crippen molar-refractivity contribution in [1.82, 2.24) is 15.1 Å². The Labute approximate surface area is 116 Å². The highest BCUT2D eigenvalue weighted by Crippen LogP contribution is 2.10. The van der Waals surface area contributed by atoms with E-state index in [9.17, 15) is 4.79 Å². The van der Waals surface area contributed by atoms with Crippen LogP contribution in [0.3, 0.4) is 0 Å². The molecule has 0 saturated carbocycles. The maximum Gasteiger partial charge on any atom is 0.341 e. The van der Waals surface area contributed by atoms with Gasteiger partial charge in [-0.15, -0.1) is 0 Å². The van der Waals surface area contributed by atoms with Gasteiger partial charge in [-0.25, -0.2) is 4.79 Å². The molecule has 0 aromatic carbocycles. The number of aryl methyl sites for hydroxylation is 1. The maximum atomic E-state index is 11.8. The molecule has 0 fully saturated rings. The molecule has 0 atom stereocenters. The lowest BCUT2D eigenvalue weighted by molar-refractivity contribution is 0.0524. The van der Waals surface area contributed by atoms with E-state index >= 15 is 0 Å². The van der Waals surface area contributed by atoms with E-state index in [1.807, 2.05) is 12.4 Å². The third kappa shape index (κ3) is 3.42. The van der Waals surface area contributed by atoms with Crippen LogP contribution in [0.1, 0.15) is 28.5 Å². The van der Waals surface area contributed by atoms with Crippen LogP contribution in [-0.2, 0) is 24.9 Å². The molecular formula is C13H17N3O2S. The van der Waals surface area contributed by atoms with Crippen molar-refractivity contribution < 1.29 is 9.53 Å². The number of hydrogen-bond acceptors (Lipinski definition) is 5. The van der Waals surface area contributed by atoms with E-state index in [-0.39, 0.29) is 5.97 Å². The van der Waals surface area contributed by atoms with Crippen LogP contribution in [0.25, 0.3) is 0 Å². The van der Waals surface area contributed by atoms with Gasteiger partial charge in [0, 0.05) is 20.1 Å². The zero-order chi connectivity index (χ0) is 13.7. The summed E-state index contributed by atoms with van der Waals surface area (Å²) in [7, 11) is 1.82. The second kappa shape index (κ2) is 6.49. The highest BCUT2D eigenvalue weighted by atomic mass is 32.1. The quantitative estimate of drug-likeness (QED) is 0.821. The molecule has 102 valence electrons. The largest absolute Gasteiger partial charge is 0.462 e. The fourth-order valence-corrected chi connectivity index (χ4v) is 2.44. The summed E-state index contributed by atoms with van der Waals surface area (Å²) in [6, 6.07) is 2.08. The Balaban J connectivity index is 1.99. The van der Waals surface area contributed by atoms with Gasteiger partial charge in [-0.2, -0.15) is 16.4 Å². The molecule has 6 heteroatoms. The third-order valence-corrected chi connectivity index (χ3v) is 3.49. The van der Waals surface area contributed by atoms with E-state index < -0.39 is 0 Å². The Kier molecular flexibility index (Phi) is 4.70. The second-order valence-electron chi connectivity index (χ2n) is 4.08. The molecule has 0 radical (unpaired) electrons. The molecule has 0 aliphatic heterocycles. The van der Waals surface area contributed by atoms with Gasteiger partial charge in [-0.1, -0.05) is 0 Å². The number of carbonyl (C=O) groups is 1. The molecule has 0 aliphatic carbocycles. The molecular weight excluding hydrogens is 262 g/mol. The zero-order valence-electron chi connectivity index (χ0n) is 11.0. The van der Waals surface area contributed by atoms with Crippen molar-refractivity contribution >= 4 is 17.3 Å². The van der Waals surface area contributed by atoms with Gasteiger partial charge in [0.2, 0.25) is 0 Å². The molecule has 0 saturated heterocycles. The number of thiophene rings is 1. The third-order valence-electron chi connectivity index (χ3n) is 2.76. The minimum atomic E-state index is -0.317. The number of rotatable bonds is 6. The molecule has 5 nitrogen and oxygen atoms in total. The van der Waals surface area contributed by atoms with E-state index in [4.69, 9.17) is 4.74 Å². The Hall–Kier alpha value is -1.66. The first kappa shape index (κ1) is 13.8. The van der Waals surface area contributed by atoms with Crippen molar-refractivity contribution in [2.24, 2.45) is 7.05 Å². The van der Waals surface area contributed by atoms with E-state index in [0.717, 1.165) is 12.2 Å². The standard InChI is InChI=1S/C13H17N3O2S/c1-3-18-13(17)11-7-15-16(2)12(11)8-14-6-10-4-5-19-9-10/h4-5,7,9,14H,3,6,8H2,1-2H3. The fraction of sp³-hybridized carbons (Fsp3) is 0.385. The van der Waals surface area contributed by atoms with Crippen molar-refractivity contribution in [1.29, 1.82) is 0 Å². The normalized spacial score (nSPS) is 10.6. The molecule has 0 bridgehead atoms. The van der Waals surface area contributed by atoms with Crippen LogP contribution in [0.2, 0.25) is 0 Å². The van der Waals surface area contributed by atoms with Crippen LogP contribution < -0.4 is 5.32 Å². The van der Waals surface area contributed by atoms with Gasteiger partial charge in [0.25, 0.3) is 0 Å². The van der Waals surface area contributed by atoms with Crippen molar-refractivity contribution in [2.75, 3.05) is 6.61 Å². The number of nitrogens with zero attached hydrogens (tertiary/aromatic N) is 2. The first-order valence-corrected chi connectivity index (χ1v) is 7.06. The lowest BCUT2D eigenvalue weighted by atomic mass is 10.2. The number of carbonyl (C=O) groups excluding carboxylic acids is 1. The van der Waals surface area contributed by atoms with Gasteiger partial charge < -0.3 is 10.1 Å². The van der Waals surface area contributed by atoms with Crippen molar-refractivity contribution in [2.45, 2.75) is 20.0 Å². The summed E-state index contributed by atoms with van der Waals surface area (Å²) in [6.07, 6.45) is 1.56. The van der Waals surface area contributed by atoms with Crippen LogP contribution in [0.5, 0.6) is 0 Å². The molecule has 0 aliphatic rings. The van der Waals surface area contributed by atoms with Crippen molar-refractivity contribution in [3.8, 4) is 0 Å². The number of esters is 1. The summed E-state index contributed by atoms with van der Waals surface area (Å²) in [5.41, 5.74) is 2.61. The smallest absolute Gasteiger partial charge is 0.341 e. The van der Waals surface area contributed by atoms with Gasteiger partial charge in [-0.05, 0) is 29.3 Å². The van der Waals surface area contributed by atoms with Crippen LogP contribution in [0.15, 0.2) is 23.0 Å². The lowest BCUT2D eigenvalue weighted by Gasteiger charge is -2.07. The predicted octanol–water partition coefficient (Wildman–Crippen LogP) is 1.95. The SMILES string of the molecule is CCOC(=O)c1cnn(C)c1CNCc1ccsc1. The number of nitrogens with one attached hydrogen (secondary N) is 1. The number of aromatic nitrogens is 2. The van der Waals surface area contributed by atoms with Crippen LogP contribution in [0, 0.1) is 0 Å². The lowest BCUT2D eigenvalue weighted by Crippen LogP contribution is -2.18. The average Bonchev–Trinajstić information content (AvgIpc) is 3.01. The number of ether oxygens (including phenoxy) is 1. The first-order chi connectivity index (χ1) is 9.22. The summed E-state index contributed by atoms with van der Waals surface area (Å²) in [5, 5.41) is 11.6. The molecule has 0 unspecified atom stereocenters. The Morgan fingerprint density at radius 1 is 1.53 bits per heavy atom. The highest BCUT2D eigenvalue weighted by molar-refractivity contribution is 7.07. The monoisotopic (exact) mass is 279 g/mol. The van der Waals surface area contributed by atoms with E-state index in [1.165, 1.54) is 5.56 Å². The summed E-state index contributed by atoms with van der Waals surface area (Å²) < 4.78 is 6.72. The summed E-state index contributed by atoms with van der Waals surface area (Å²) in [4.78, 5) is 11.8. The van der Waals surface area contributed by atoms with Crippen molar-refractivity contribution in [3.05, 3.63) is 39.8 Å². The van der Waals surface area contributed by atoms with Crippen LogP contribution >= 0.6 is 11.3 Å². The van der Waals surface area contributed by atoms with Crippen molar-refractivity contribution in [3.63, 3.8) is 0 Å². The van der Waals surface area contributed by atoms with Gasteiger partial charge in [0.1, 0.15) is 5.56 Å². The van der Waals surface area contributed by atoms with Crippen LogP contribution in [0.4, 0.5) is 0 Å². The first-order valence-electron chi connectivity index (χ1n) is 6.12. The average molecular weight is 279 g/mol. The van der Waals surface area contributed by atoms with Crippen LogP contribution in [-0.4, -0.2) is 22.4 Å². The molecule has 2 aromatic heterocycles. The highest BCUT2D eigenvalue weighted by Gasteiger charge is 2.16. The zero-order valence-corrected chi connectivity index (χ0v) is 11.9. The van der Waals surface area contributed by atoms with E-state index in [1.54, 1.807) is 29.1 Å². The topological polar surface area (TPSA) is 56.1 Å². The molecule has 19 heavy (non-hydrogen) atoms. The van der Waals surface area contributed by atoms with Gasteiger partial charge in [-0.3, -0.25) is 4.68 Å². The molecule has 0 spiro atoms. The summed E-state index contributed by atoms with van der Waals surface area (Å²) in [5.74, 6) is -0.317. The molecule has 2 rings (SSSR count). The minimum absolute atomic E-state index is 0.317. The Morgan fingerprint density at radius 3 is 3.05 bits per heavy atom. The minimum Gasteiger partial charge on any atom is -0.462 e. The molecule has 1 N–H and O–H groups in total. The van der Waals surface area contributed by atoms with Gasteiger partial charge in [0.05, 0.1) is 18.5 Å². The molecule has 2 aromatic rings. The van der Waals surface area contributed by atoms with E-state index in [2.05, 4.69) is 21.9 Å². The number of hydrogen-bond donors (Lipinski definition) is 1. The fourth-order valence-electron chi connectivity index (χ4n) is 1.77. The summed E-state index contributed by atoms with van der Waals surface area (Å²) in [6.45, 7) is 3.52. The van der Waals surface area contributed by atoms with Gasteiger partial charge in [0.15, 0.2) is 0 Å². The van der Waals surface area contributed by atoms with E-state index in [0.29, 0.717) is 18.7 Å². The summed E-state index contributed by atoms with van der Waals surface area (Å²) >= 11 is 1.67. The van der Waals surface area contributed by atoms with Gasteiger partial charge >= 0.3 is 5.97 Å². The maximum absolute atomic E-state index is 11.8.